The number of hydrogen-bond acceptors (Lipinski definition) is 4. The van der Waals surface area contributed by atoms with E-state index < -0.39 is 0 Å². The maximum absolute atomic E-state index is 6.00. The molecule has 0 saturated carbocycles. The van der Waals surface area contributed by atoms with Gasteiger partial charge in [-0.1, -0.05) is 11.6 Å². The molecule has 0 atom stereocenters. The zero-order chi connectivity index (χ0) is 13.7. The van der Waals surface area contributed by atoms with E-state index in [0.29, 0.717) is 5.15 Å². The predicted octanol–water partition coefficient (Wildman–Crippen LogP) is 1.81. The molecule has 5 heteroatoms. The number of nitrogens with zero attached hydrogens (tertiary/aromatic N) is 3. The van der Waals surface area contributed by atoms with Crippen molar-refractivity contribution in [3.8, 4) is 0 Å². The molecule has 0 unspecified atom stereocenters. The molecule has 1 fully saturated rings. The van der Waals surface area contributed by atoms with Crippen LogP contribution in [0, 0.1) is 6.92 Å². The summed E-state index contributed by atoms with van der Waals surface area (Å²) in [5.41, 5.74) is 2.24. The van der Waals surface area contributed by atoms with Gasteiger partial charge in [-0.05, 0) is 24.6 Å². The van der Waals surface area contributed by atoms with Crippen molar-refractivity contribution in [1.82, 2.24) is 14.8 Å². The van der Waals surface area contributed by atoms with Crippen LogP contribution in [-0.4, -0.2) is 61.2 Å². The molecule has 4 nitrogen and oxygen atoms in total. The van der Waals surface area contributed by atoms with Gasteiger partial charge in [0.25, 0.3) is 0 Å². The van der Waals surface area contributed by atoms with Crippen LogP contribution in [0.1, 0.15) is 11.3 Å². The van der Waals surface area contributed by atoms with Crippen molar-refractivity contribution in [3.05, 3.63) is 28.5 Å². The van der Waals surface area contributed by atoms with Crippen molar-refractivity contribution < 1.29 is 4.74 Å². The first-order chi connectivity index (χ1) is 9.17. The molecule has 0 spiro atoms. The van der Waals surface area contributed by atoms with Gasteiger partial charge in [0.1, 0.15) is 5.15 Å². The number of piperazine rings is 1. The first kappa shape index (κ1) is 14.7. The number of pyridine rings is 1. The lowest BCUT2D eigenvalue weighted by atomic mass is 10.2. The Morgan fingerprint density at radius 3 is 2.53 bits per heavy atom. The summed E-state index contributed by atoms with van der Waals surface area (Å²) < 4.78 is 5.12. The van der Waals surface area contributed by atoms with Crippen molar-refractivity contribution in [2.24, 2.45) is 0 Å². The van der Waals surface area contributed by atoms with E-state index >= 15 is 0 Å². The van der Waals surface area contributed by atoms with Crippen LogP contribution in [0.5, 0.6) is 0 Å². The summed E-state index contributed by atoms with van der Waals surface area (Å²) in [5, 5.41) is 0.591. The highest BCUT2D eigenvalue weighted by Gasteiger charge is 2.16. The van der Waals surface area contributed by atoms with Gasteiger partial charge in [-0.3, -0.25) is 9.80 Å². The van der Waals surface area contributed by atoms with Crippen LogP contribution in [0.4, 0.5) is 0 Å². The molecule has 0 radical (unpaired) electrons. The maximum Gasteiger partial charge on any atom is 0.129 e. The maximum atomic E-state index is 6.00. The van der Waals surface area contributed by atoms with Crippen LogP contribution in [0.3, 0.4) is 0 Å². The molecular formula is C14H22ClN3O. The van der Waals surface area contributed by atoms with Crippen LogP contribution in [0.2, 0.25) is 5.15 Å². The number of aryl methyl sites for hydroxylation is 1. The fourth-order valence-electron chi connectivity index (χ4n) is 2.44. The summed E-state index contributed by atoms with van der Waals surface area (Å²) in [6.07, 6.45) is 0. The summed E-state index contributed by atoms with van der Waals surface area (Å²) in [6.45, 7) is 9.22. The summed E-state index contributed by atoms with van der Waals surface area (Å²) in [4.78, 5) is 9.11. The van der Waals surface area contributed by atoms with Gasteiger partial charge in [0.2, 0.25) is 0 Å². The Bertz CT molecular complexity index is 385. The van der Waals surface area contributed by atoms with Crippen molar-refractivity contribution in [2.75, 3.05) is 46.4 Å². The Morgan fingerprint density at radius 1 is 1.21 bits per heavy atom. The van der Waals surface area contributed by atoms with E-state index in [-0.39, 0.29) is 0 Å². The van der Waals surface area contributed by atoms with Crippen molar-refractivity contribution in [1.29, 1.82) is 0 Å². The van der Waals surface area contributed by atoms with E-state index in [1.807, 2.05) is 13.0 Å². The van der Waals surface area contributed by atoms with Gasteiger partial charge in [-0.25, -0.2) is 4.98 Å². The molecule has 19 heavy (non-hydrogen) atoms. The molecule has 0 bridgehead atoms. The minimum Gasteiger partial charge on any atom is -0.383 e. The van der Waals surface area contributed by atoms with Gasteiger partial charge in [0, 0.05) is 52.1 Å². The molecule has 2 rings (SSSR count). The Balaban J connectivity index is 1.82. The Labute approximate surface area is 120 Å². The lowest BCUT2D eigenvalue weighted by Crippen LogP contribution is -2.46. The monoisotopic (exact) mass is 283 g/mol. The molecule has 0 N–H and O–H groups in total. The molecule has 1 aromatic heterocycles. The lowest BCUT2D eigenvalue weighted by Gasteiger charge is -2.34. The molecule has 2 heterocycles. The van der Waals surface area contributed by atoms with E-state index in [4.69, 9.17) is 16.3 Å². The number of rotatable bonds is 5. The van der Waals surface area contributed by atoms with Gasteiger partial charge >= 0.3 is 0 Å². The number of methoxy groups -OCH3 is 1. The highest BCUT2D eigenvalue weighted by Crippen LogP contribution is 2.13. The zero-order valence-electron chi connectivity index (χ0n) is 11.7. The normalized spacial score (nSPS) is 17.8. The quantitative estimate of drug-likeness (QED) is 0.771. The molecule has 0 aromatic carbocycles. The Hall–Kier alpha value is -0.680. The first-order valence-electron chi connectivity index (χ1n) is 6.74. The second-order valence-electron chi connectivity index (χ2n) is 5.05. The molecule has 1 saturated heterocycles. The molecule has 106 valence electrons. The summed E-state index contributed by atoms with van der Waals surface area (Å²) in [7, 11) is 1.76. The second kappa shape index (κ2) is 7.20. The third-order valence-electron chi connectivity index (χ3n) is 3.46. The van der Waals surface area contributed by atoms with E-state index in [2.05, 4.69) is 20.9 Å². The van der Waals surface area contributed by atoms with E-state index in [1.165, 1.54) is 5.56 Å². The minimum absolute atomic E-state index is 0.591. The second-order valence-corrected chi connectivity index (χ2v) is 5.44. The number of ether oxygens (including phenoxy) is 1. The topological polar surface area (TPSA) is 28.6 Å². The SMILES string of the molecule is COCCN1CCN(Cc2cc(C)nc(Cl)c2)CC1. The van der Waals surface area contributed by atoms with Crippen LogP contribution in [0.25, 0.3) is 0 Å². The van der Waals surface area contributed by atoms with Gasteiger partial charge in [-0.15, -0.1) is 0 Å². The van der Waals surface area contributed by atoms with E-state index in [0.717, 1.165) is 51.6 Å². The van der Waals surface area contributed by atoms with Gasteiger partial charge in [-0.2, -0.15) is 0 Å². The smallest absolute Gasteiger partial charge is 0.129 e. The Morgan fingerprint density at radius 2 is 1.89 bits per heavy atom. The van der Waals surface area contributed by atoms with Crippen molar-refractivity contribution in [2.45, 2.75) is 13.5 Å². The lowest BCUT2D eigenvalue weighted by molar-refractivity contribution is 0.0938. The van der Waals surface area contributed by atoms with Gasteiger partial charge in [0.05, 0.1) is 6.61 Å². The van der Waals surface area contributed by atoms with Crippen LogP contribution < -0.4 is 0 Å². The molecule has 1 aromatic rings. The van der Waals surface area contributed by atoms with Gasteiger partial charge < -0.3 is 4.74 Å². The first-order valence-corrected chi connectivity index (χ1v) is 7.12. The fraction of sp³-hybridized carbons (Fsp3) is 0.643. The molecule has 0 amide bonds. The number of aromatic nitrogens is 1. The largest absolute Gasteiger partial charge is 0.383 e. The van der Waals surface area contributed by atoms with Crippen LogP contribution in [-0.2, 0) is 11.3 Å². The standard InChI is InChI=1S/C14H22ClN3O/c1-12-9-13(10-14(15)16-12)11-18-5-3-17(4-6-18)7-8-19-2/h9-10H,3-8,11H2,1-2H3. The number of halogens is 1. The zero-order valence-corrected chi connectivity index (χ0v) is 12.5. The summed E-state index contributed by atoms with van der Waals surface area (Å²) in [5.74, 6) is 0. The highest BCUT2D eigenvalue weighted by atomic mass is 35.5. The molecule has 0 aliphatic carbocycles. The average Bonchev–Trinajstić information content (AvgIpc) is 2.37. The summed E-state index contributed by atoms with van der Waals surface area (Å²) >= 11 is 6.00. The van der Waals surface area contributed by atoms with E-state index in [1.54, 1.807) is 7.11 Å². The molecule has 1 aliphatic heterocycles. The van der Waals surface area contributed by atoms with E-state index in [9.17, 15) is 0 Å². The minimum atomic E-state index is 0.591. The average molecular weight is 284 g/mol. The molecular weight excluding hydrogens is 262 g/mol. The third-order valence-corrected chi connectivity index (χ3v) is 3.66. The molecule has 1 aliphatic rings. The number of hydrogen-bond donors (Lipinski definition) is 0. The van der Waals surface area contributed by atoms with Crippen LogP contribution >= 0.6 is 11.6 Å². The van der Waals surface area contributed by atoms with Crippen molar-refractivity contribution >= 4 is 11.6 Å². The Kier molecular flexibility index (Phi) is 5.58. The predicted molar refractivity (Wildman–Crippen MR) is 77.6 cm³/mol. The summed E-state index contributed by atoms with van der Waals surface area (Å²) in [6, 6.07) is 4.08. The fourth-order valence-corrected chi connectivity index (χ4v) is 2.71. The third kappa shape index (κ3) is 4.73. The van der Waals surface area contributed by atoms with Gasteiger partial charge in [0.15, 0.2) is 0 Å². The highest BCUT2D eigenvalue weighted by molar-refractivity contribution is 6.29. The van der Waals surface area contributed by atoms with Crippen molar-refractivity contribution in [3.63, 3.8) is 0 Å². The van der Waals surface area contributed by atoms with Crippen LogP contribution in [0.15, 0.2) is 12.1 Å².